The molecule has 0 aliphatic heterocycles. The standard InChI is InChI=1S/C30H30O3/c1-18-14-25(15-19(2)28(18)32)30(5,26-16-20(3)29(33)21(4)17-26)24-10-6-22(7-11-24)23-8-12-27(31)13-9-23/h6-17,31-33H,1-5H3. The fourth-order valence-electron chi connectivity index (χ4n) is 4.64. The van der Waals surface area contributed by atoms with Gasteiger partial charge in [0.2, 0.25) is 0 Å². The number of benzene rings is 4. The minimum Gasteiger partial charge on any atom is -0.508 e. The Bertz CT molecular complexity index is 1210. The van der Waals surface area contributed by atoms with Gasteiger partial charge in [-0.25, -0.2) is 0 Å². The van der Waals surface area contributed by atoms with E-state index in [1.807, 2.05) is 64.1 Å². The van der Waals surface area contributed by atoms with E-state index in [0.29, 0.717) is 11.5 Å². The summed E-state index contributed by atoms with van der Waals surface area (Å²) in [5.74, 6) is 0.891. The van der Waals surface area contributed by atoms with Crippen molar-refractivity contribution in [2.24, 2.45) is 0 Å². The quantitative estimate of drug-likeness (QED) is 0.299. The predicted octanol–water partition coefficient (Wildman–Crippen LogP) is 7.06. The van der Waals surface area contributed by atoms with Crippen LogP contribution in [-0.4, -0.2) is 15.3 Å². The van der Waals surface area contributed by atoms with Crippen molar-refractivity contribution in [1.29, 1.82) is 0 Å². The van der Waals surface area contributed by atoms with Crippen LogP contribution >= 0.6 is 0 Å². The van der Waals surface area contributed by atoms with Crippen LogP contribution in [0.15, 0.2) is 72.8 Å². The largest absolute Gasteiger partial charge is 0.508 e. The average molecular weight is 439 g/mol. The molecule has 0 aromatic heterocycles. The van der Waals surface area contributed by atoms with E-state index < -0.39 is 5.41 Å². The van der Waals surface area contributed by atoms with Crippen molar-refractivity contribution in [2.75, 3.05) is 0 Å². The maximum absolute atomic E-state index is 10.4. The highest BCUT2D eigenvalue weighted by Gasteiger charge is 2.33. The van der Waals surface area contributed by atoms with Gasteiger partial charge < -0.3 is 15.3 Å². The van der Waals surface area contributed by atoms with Crippen LogP contribution in [0.2, 0.25) is 0 Å². The van der Waals surface area contributed by atoms with E-state index in [1.165, 1.54) is 0 Å². The maximum atomic E-state index is 10.4. The second-order valence-corrected chi connectivity index (χ2v) is 9.17. The Balaban J connectivity index is 1.92. The molecule has 0 unspecified atom stereocenters. The highest BCUT2D eigenvalue weighted by atomic mass is 16.3. The molecule has 0 fully saturated rings. The summed E-state index contributed by atoms with van der Waals surface area (Å²) in [6.07, 6.45) is 0. The highest BCUT2D eigenvalue weighted by molar-refractivity contribution is 5.66. The lowest BCUT2D eigenvalue weighted by molar-refractivity contribution is 0.465. The van der Waals surface area contributed by atoms with Crippen LogP contribution in [0.5, 0.6) is 17.2 Å². The molecule has 0 heterocycles. The molecule has 0 spiro atoms. The summed E-state index contributed by atoms with van der Waals surface area (Å²) in [4.78, 5) is 0. The topological polar surface area (TPSA) is 60.7 Å². The lowest BCUT2D eigenvalue weighted by atomic mass is 9.69. The molecule has 0 amide bonds. The van der Waals surface area contributed by atoms with E-state index in [4.69, 9.17) is 0 Å². The van der Waals surface area contributed by atoms with Crippen molar-refractivity contribution in [1.82, 2.24) is 0 Å². The summed E-state index contributed by atoms with van der Waals surface area (Å²) in [5.41, 5.74) is 8.22. The summed E-state index contributed by atoms with van der Waals surface area (Å²) in [5, 5.41) is 30.4. The zero-order valence-electron chi connectivity index (χ0n) is 19.8. The number of aryl methyl sites for hydroxylation is 4. The normalized spacial score (nSPS) is 11.5. The van der Waals surface area contributed by atoms with Gasteiger partial charge in [0, 0.05) is 5.41 Å². The third-order valence-corrected chi connectivity index (χ3v) is 6.80. The first kappa shape index (κ1) is 22.5. The number of phenols is 3. The van der Waals surface area contributed by atoms with E-state index in [9.17, 15) is 15.3 Å². The van der Waals surface area contributed by atoms with Crippen LogP contribution in [0.1, 0.15) is 45.9 Å². The molecular weight excluding hydrogens is 408 g/mol. The molecule has 0 aliphatic carbocycles. The molecule has 3 nitrogen and oxygen atoms in total. The summed E-state index contributed by atoms with van der Waals surface area (Å²) < 4.78 is 0. The van der Waals surface area contributed by atoms with Crippen LogP contribution in [0.25, 0.3) is 11.1 Å². The molecule has 0 atom stereocenters. The Morgan fingerprint density at radius 2 is 0.818 bits per heavy atom. The Labute approximate surface area is 195 Å². The number of hydrogen-bond acceptors (Lipinski definition) is 3. The lowest BCUT2D eigenvalue weighted by Crippen LogP contribution is -2.26. The zero-order valence-corrected chi connectivity index (χ0v) is 19.8. The molecule has 4 aromatic rings. The van der Waals surface area contributed by atoms with Gasteiger partial charge in [0.1, 0.15) is 17.2 Å². The third kappa shape index (κ3) is 3.95. The second kappa shape index (κ2) is 8.32. The minimum absolute atomic E-state index is 0.249. The molecule has 168 valence electrons. The van der Waals surface area contributed by atoms with Gasteiger partial charge in [-0.05, 0) is 96.8 Å². The minimum atomic E-state index is -0.500. The van der Waals surface area contributed by atoms with Gasteiger partial charge in [0.25, 0.3) is 0 Å². The summed E-state index contributed by atoms with van der Waals surface area (Å²) in [6, 6.07) is 23.9. The molecule has 0 saturated heterocycles. The summed E-state index contributed by atoms with van der Waals surface area (Å²) in [7, 11) is 0. The SMILES string of the molecule is Cc1cc(C(C)(c2ccc(-c3ccc(O)cc3)cc2)c2cc(C)c(O)c(C)c2)cc(C)c1O. The van der Waals surface area contributed by atoms with Gasteiger partial charge in [-0.3, -0.25) is 0 Å². The number of aromatic hydroxyl groups is 3. The van der Waals surface area contributed by atoms with Gasteiger partial charge in [0.05, 0.1) is 0 Å². The molecule has 33 heavy (non-hydrogen) atoms. The fraction of sp³-hybridized carbons (Fsp3) is 0.200. The third-order valence-electron chi connectivity index (χ3n) is 6.80. The molecule has 0 saturated carbocycles. The van der Waals surface area contributed by atoms with Crippen molar-refractivity contribution in [3.05, 3.63) is 112 Å². The van der Waals surface area contributed by atoms with Crippen LogP contribution < -0.4 is 0 Å². The summed E-state index contributed by atoms with van der Waals surface area (Å²) in [6.45, 7) is 9.89. The first-order chi connectivity index (χ1) is 15.6. The fourth-order valence-corrected chi connectivity index (χ4v) is 4.64. The first-order valence-corrected chi connectivity index (χ1v) is 11.1. The molecule has 3 N–H and O–H groups in total. The number of phenolic OH excluding ortho intramolecular Hbond substituents is 3. The van der Waals surface area contributed by atoms with Crippen molar-refractivity contribution in [3.8, 4) is 28.4 Å². The Morgan fingerprint density at radius 1 is 0.485 bits per heavy atom. The molecule has 4 rings (SSSR count). The van der Waals surface area contributed by atoms with Gasteiger partial charge in [-0.1, -0.05) is 60.7 Å². The van der Waals surface area contributed by atoms with Gasteiger partial charge in [0.15, 0.2) is 0 Å². The van der Waals surface area contributed by atoms with E-state index in [1.54, 1.807) is 12.1 Å². The maximum Gasteiger partial charge on any atom is 0.121 e. The zero-order chi connectivity index (χ0) is 23.9. The highest BCUT2D eigenvalue weighted by Crippen LogP contribution is 2.43. The van der Waals surface area contributed by atoms with Crippen molar-refractivity contribution < 1.29 is 15.3 Å². The Kier molecular flexibility index (Phi) is 5.67. The molecule has 0 aliphatic rings. The predicted molar refractivity (Wildman–Crippen MR) is 134 cm³/mol. The molecule has 4 aromatic carbocycles. The lowest BCUT2D eigenvalue weighted by Gasteiger charge is -2.33. The van der Waals surface area contributed by atoms with Crippen molar-refractivity contribution in [2.45, 2.75) is 40.0 Å². The molecule has 0 bridgehead atoms. The van der Waals surface area contributed by atoms with Gasteiger partial charge in [-0.15, -0.1) is 0 Å². The van der Waals surface area contributed by atoms with Crippen LogP contribution in [-0.2, 0) is 5.41 Å². The molecular formula is C30H30O3. The smallest absolute Gasteiger partial charge is 0.121 e. The summed E-state index contributed by atoms with van der Waals surface area (Å²) >= 11 is 0. The monoisotopic (exact) mass is 438 g/mol. The van der Waals surface area contributed by atoms with Gasteiger partial charge in [-0.2, -0.15) is 0 Å². The van der Waals surface area contributed by atoms with E-state index in [2.05, 4.69) is 31.2 Å². The van der Waals surface area contributed by atoms with Crippen molar-refractivity contribution in [3.63, 3.8) is 0 Å². The van der Waals surface area contributed by atoms with Crippen LogP contribution in [0.4, 0.5) is 0 Å². The average Bonchev–Trinajstić information content (AvgIpc) is 2.80. The van der Waals surface area contributed by atoms with E-state index in [0.717, 1.165) is 50.1 Å². The van der Waals surface area contributed by atoms with E-state index >= 15 is 0 Å². The van der Waals surface area contributed by atoms with Gasteiger partial charge >= 0.3 is 0 Å². The number of hydrogen-bond donors (Lipinski definition) is 3. The Morgan fingerprint density at radius 3 is 1.18 bits per heavy atom. The second-order valence-electron chi connectivity index (χ2n) is 9.17. The molecule has 0 radical (unpaired) electrons. The Hall–Kier alpha value is -3.72. The van der Waals surface area contributed by atoms with Crippen molar-refractivity contribution >= 4 is 0 Å². The molecule has 3 heteroatoms. The van der Waals surface area contributed by atoms with Crippen LogP contribution in [0.3, 0.4) is 0 Å². The van der Waals surface area contributed by atoms with Crippen LogP contribution in [0, 0.1) is 27.7 Å². The van der Waals surface area contributed by atoms with E-state index in [-0.39, 0.29) is 5.75 Å². The first-order valence-electron chi connectivity index (χ1n) is 11.1. The number of rotatable bonds is 4.